The smallest absolute Gasteiger partial charge is 0.222 e. The number of morpholine rings is 1. The average molecular weight is 354 g/mol. The first-order valence-electron chi connectivity index (χ1n) is 8.54. The Labute approximate surface area is 152 Å². The van der Waals surface area contributed by atoms with Gasteiger partial charge in [0.05, 0.1) is 25.5 Å². The van der Waals surface area contributed by atoms with E-state index in [9.17, 15) is 5.26 Å². The van der Waals surface area contributed by atoms with Crippen molar-refractivity contribution in [3.05, 3.63) is 29.8 Å². The minimum atomic E-state index is 0.0265. The molecule has 0 radical (unpaired) electrons. The molecule has 1 aromatic carbocycles. The normalized spacial score (nSPS) is 14.7. The van der Waals surface area contributed by atoms with Gasteiger partial charge in [0, 0.05) is 25.2 Å². The number of rotatable bonds is 6. The van der Waals surface area contributed by atoms with Crippen LogP contribution in [-0.2, 0) is 4.74 Å². The van der Waals surface area contributed by atoms with Crippen molar-refractivity contribution in [2.75, 3.05) is 50.9 Å². The fraction of sp³-hybridized carbons (Fsp3) is 0.389. The van der Waals surface area contributed by atoms with Crippen molar-refractivity contribution in [1.82, 2.24) is 14.9 Å². The Hall–Kier alpha value is -2.89. The molecule has 1 aliphatic heterocycles. The number of nitriles is 1. The highest BCUT2D eigenvalue weighted by atomic mass is 16.5. The van der Waals surface area contributed by atoms with E-state index in [0.717, 1.165) is 39.3 Å². The second-order valence-electron chi connectivity index (χ2n) is 5.95. The summed E-state index contributed by atoms with van der Waals surface area (Å²) in [5, 5.41) is 9.39. The zero-order valence-corrected chi connectivity index (χ0v) is 14.5. The summed E-state index contributed by atoms with van der Waals surface area (Å²) < 4.78 is 11.3. The molecule has 0 amide bonds. The van der Waals surface area contributed by atoms with Crippen LogP contribution in [0.5, 0.6) is 5.75 Å². The van der Waals surface area contributed by atoms with Crippen molar-refractivity contribution in [2.24, 2.45) is 0 Å². The molecular weight excluding hydrogens is 332 g/mol. The van der Waals surface area contributed by atoms with Gasteiger partial charge in [-0.2, -0.15) is 10.2 Å². The summed E-state index contributed by atoms with van der Waals surface area (Å²) in [7, 11) is 0. The molecule has 136 valence electrons. The van der Waals surface area contributed by atoms with Crippen LogP contribution in [-0.4, -0.2) is 54.3 Å². The van der Waals surface area contributed by atoms with E-state index in [1.165, 1.54) is 0 Å². The summed E-state index contributed by atoms with van der Waals surface area (Å²) in [4.78, 5) is 10.4. The van der Waals surface area contributed by atoms with Crippen LogP contribution in [0.25, 0.3) is 11.3 Å². The van der Waals surface area contributed by atoms with E-state index >= 15 is 0 Å². The number of nitrogen functional groups attached to an aromatic ring is 2. The lowest BCUT2D eigenvalue weighted by Crippen LogP contribution is -2.37. The Morgan fingerprint density at radius 3 is 2.73 bits per heavy atom. The van der Waals surface area contributed by atoms with E-state index in [1.54, 1.807) is 0 Å². The maximum Gasteiger partial charge on any atom is 0.222 e. The van der Waals surface area contributed by atoms with Crippen molar-refractivity contribution in [2.45, 2.75) is 6.42 Å². The molecule has 0 atom stereocenters. The summed E-state index contributed by atoms with van der Waals surface area (Å²) in [6.07, 6.45) is 0.896. The molecule has 0 bridgehead atoms. The van der Waals surface area contributed by atoms with Crippen LogP contribution in [0, 0.1) is 11.3 Å². The van der Waals surface area contributed by atoms with Crippen molar-refractivity contribution in [1.29, 1.82) is 5.26 Å². The number of hydrogen-bond acceptors (Lipinski definition) is 8. The summed E-state index contributed by atoms with van der Waals surface area (Å²) >= 11 is 0. The second-order valence-corrected chi connectivity index (χ2v) is 5.95. The lowest BCUT2D eigenvalue weighted by Gasteiger charge is -2.26. The van der Waals surface area contributed by atoms with Gasteiger partial charge in [-0.1, -0.05) is 12.1 Å². The summed E-state index contributed by atoms with van der Waals surface area (Å²) in [5.74, 6) is 0.735. The van der Waals surface area contributed by atoms with Crippen LogP contribution in [0.2, 0.25) is 0 Å². The zero-order chi connectivity index (χ0) is 18.4. The highest BCUT2D eigenvalue weighted by molar-refractivity contribution is 5.77. The highest BCUT2D eigenvalue weighted by Gasteiger charge is 2.17. The number of hydrogen-bond donors (Lipinski definition) is 2. The monoisotopic (exact) mass is 354 g/mol. The van der Waals surface area contributed by atoms with E-state index in [2.05, 4.69) is 14.9 Å². The predicted molar refractivity (Wildman–Crippen MR) is 98.4 cm³/mol. The van der Waals surface area contributed by atoms with E-state index in [1.807, 2.05) is 30.3 Å². The largest absolute Gasteiger partial charge is 0.493 e. The third kappa shape index (κ3) is 4.20. The number of ether oxygens (including phenoxy) is 2. The molecule has 8 nitrogen and oxygen atoms in total. The first-order valence-corrected chi connectivity index (χ1v) is 8.54. The van der Waals surface area contributed by atoms with E-state index in [-0.39, 0.29) is 17.3 Å². The number of aromatic nitrogens is 2. The molecule has 0 aliphatic carbocycles. The predicted octanol–water partition coefficient (Wildman–Crippen LogP) is 1.28. The molecule has 8 heteroatoms. The fourth-order valence-electron chi connectivity index (χ4n) is 2.88. The first-order chi connectivity index (χ1) is 12.7. The highest BCUT2D eigenvalue weighted by Crippen LogP contribution is 2.32. The molecule has 0 unspecified atom stereocenters. The minimum Gasteiger partial charge on any atom is -0.493 e. The molecule has 1 fully saturated rings. The van der Waals surface area contributed by atoms with Gasteiger partial charge in [0.2, 0.25) is 5.95 Å². The number of para-hydroxylation sites is 1. The van der Waals surface area contributed by atoms with Gasteiger partial charge >= 0.3 is 0 Å². The van der Waals surface area contributed by atoms with Gasteiger partial charge in [-0.05, 0) is 18.6 Å². The molecule has 2 aromatic rings. The number of anilines is 2. The molecule has 0 spiro atoms. The van der Waals surface area contributed by atoms with Crippen LogP contribution in [0.3, 0.4) is 0 Å². The minimum absolute atomic E-state index is 0.0265. The molecule has 1 aliphatic rings. The SMILES string of the molecule is N#Cc1c(N)nc(N)nc1-c1ccccc1OCCCN1CCOCC1. The molecule has 4 N–H and O–H groups in total. The van der Waals surface area contributed by atoms with E-state index < -0.39 is 0 Å². The van der Waals surface area contributed by atoms with Crippen LogP contribution in [0.4, 0.5) is 11.8 Å². The molecule has 3 rings (SSSR count). The van der Waals surface area contributed by atoms with Gasteiger partial charge in [0.15, 0.2) is 0 Å². The van der Waals surface area contributed by atoms with Gasteiger partial charge in [0.1, 0.15) is 23.2 Å². The van der Waals surface area contributed by atoms with Crippen LogP contribution in [0.15, 0.2) is 24.3 Å². The lowest BCUT2D eigenvalue weighted by atomic mass is 10.1. The Balaban J connectivity index is 1.72. The van der Waals surface area contributed by atoms with Crippen LogP contribution >= 0.6 is 0 Å². The third-order valence-corrected chi connectivity index (χ3v) is 4.19. The van der Waals surface area contributed by atoms with Gasteiger partial charge in [-0.3, -0.25) is 4.90 Å². The lowest BCUT2D eigenvalue weighted by molar-refractivity contribution is 0.0358. The van der Waals surface area contributed by atoms with Gasteiger partial charge < -0.3 is 20.9 Å². The van der Waals surface area contributed by atoms with Crippen LogP contribution < -0.4 is 16.2 Å². The van der Waals surface area contributed by atoms with Gasteiger partial charge in [0.25, 0.3) is 0 Å². The van der Waals surface area contributed by atoms with Crippen molar-refractivity contribution in [3.8, 4) is 23.1 Å². The first kappa shape index (κ1) is 17.9. The number of nitrogens with zero attached hydrogens (tertiary/aromatic N) is 4. The average Bonchev–Trinajstić information content (AvgIpc) is 2.66. The zero-order valence-electron chi connectivity index (χ0n) is 14.5. The van der Waals surface area contributed by atoms with Crippen molar-refractivity contribution in [3.63, 3.8) is 0 Å². The molecule has 1 aromatic heterocycles. The molecular formula is C18H22N6O2. The Kier molecular flexibility index (Phi) is 5.84. The Bertz CT molecular complexity index is 799. The Morgan fingerprint density at radius 1 is 1.19 bits per heavy atom. The molecule has 1 saturated heterocycles. The second kappa shape index (κ2) is 8.47. The number of benzene rings is 1. The maximum absolute atomic E-state index is 9.39. The van der Waals surface area contributed by atoms with Gasteiger partial charge in [-0.25, -0.2) is 4.98 Å². The van der Waals surface area contributed by atoms with Crippen molar-refractivity contribution >= 4 is 11.8 Å². The number of nitrogens with two attached hydrogens (primary N) is 2. The summed E-state index contributed by atoms with van der Waals surface area (Å²) in [5.41, 5.74) is 12.8. The van der Waals surface area contributed by atoms with E-state index in [0.29, 0.717) is 23.6 Å². The van der Waals surface area contributed by atoms with Crippen molar-refractivity contribution < 1.29 is 9.47 Å². The standard InChI is InChI=1S/C18H22N6O2/c19-12-14-16(22-18(21)23-17(14)20)13-4-1-2-5-15(13)26-9-3-6-24-7-10-25-11-8-24/h1-2,4-5H,3,6-11H2,(H4,20,21,22,23). The van der Waals surface area contributed by atoms with E-state index in [4.69, 9.17) is 20.9 Å². The Morgan fingerprint density at radius 2 is 1.96 bits per heavy atom. The molecule has 26 heavy (non-hydrogen) atoms. The topological polar surface area (TPSA) is 123 Å². The summed E-state index contributed by atoms with van der Waals surface area (Å²) in [6, 6.07) is 9.46. The quantitative estimate of drug-likeness (QED) is 0.744. The van der Waals surface area contributed by atoms with Gasteiger partial charge in [-0.15, -0.1) is 0 Å². The van der Waals surface area contributed by atoms with Crippen LogP contribution in [0.1, 0.15) is 12.0 Å². The molecule has 0 saturated carbocycles. The third-order valence-electron chi connectivity index (χ3n) is 4.19. The fourth-order valence-corrected chi connectivity index (χ4v) is 2.88. The molecule has 2 heterocycles. The summed E-state index contributed by atoms with van der Waals surface area (Å²) in [6.45, 7) is 5.02. The maximum atomic E-state index is 9.39.